The zero-order valence-corrected chi connectivity index (χ0v) is 10.2. The van der Waals surface area contributed by atoms with Crippen LogP contribution in [0.15, 0.2) is 6.33 Å². The number of hydrogen-bond acceptors (Lipinski definition) is 4. The van der Waals surface area contributed by atoms with E-state index in [0.717, 1.165) is 24.6 Å². The van der Waals surface area contributed by atoms with Crippen molar-refractivity contribution in [3.8, 4) is 0 Å². The van der Waals surface area contributed by atoms with Crippen LogP contribution in [0.4, 0.5) is 5.82 Å². The molecule has 1 aromatic heterocycles. The molecular weight excluding hydrogens is 238 g/mol. The third-order valence-electron chi connectivity index (χ3n) is 3.34. The van der Waals surface area contributed by atoms with E-state index in [1.54, 1.807) is 0 Å². The van der Waals surface area contributed by atoms with Crippen LogP contribution in [0.2, 0.25) is 5.15 Å². The van der Waals surface area contributed by atoms with E-state index in [4.69, 9.17) is 11.6 Å². The van der Waals surface area contributed by atoms with E-state index in [1.807, 2.05) is 0 Å². The fourth-order valence-corrected chi connectivity index (χ4v) is 2.24. The summed E-state index contributed by atoms with van der Waals surface area (Å²) < 4.78 is 0. The summed E-state index contributed by atoms with van der Waals surface area (Å²) in [6.45, 7) is 0.999. The van der Waals surface area contributed by atoms with Crippen molar-refractivity contribution in [2.24, 2.45) is 5.92 Å². The normalized spacial score (nSPS) is 19.1. The van der Waals surface area contributed by atoms with E-state index in [2.05, 4.69) is 14.9 Å². The lowest BCUT2D eigenvalue weighted by atomic mass is 10.2. The highest BCUT2D eigenvalue weighted by atomic mass is 35.5. The van der Waals surface area contributed by atoms with E-state index >= 15 is 0 Å². The smallest absolute Gasteiger partial charge is 0.156 e. The number of rotatable bonds is 5. The molecule has 0 atom stereocenters. The quantitative estimate of drug-likeness (QED) is 0.595. The van der Waals surface area contributed by atoms with Gasteiger partial charge in [-0.25, -0.2) is 9.97 Å². The molecule has 0 aliphatic heterocycles. The van der Waals surface area contributed by atoms with E-state index in [0.29, 0.717) is 11.6 Å². The van der Waals surface area contributed by atoms with Crippen LogP contribution in [0, 0.1) is 5.92 Å². The Hall–Kier alpha value is -1.16. The van der Waals surface area contributed by atoms with Gasteiger partial charge < -0.3 is 4.90 Å². The molecule has 3 rings (SSSR count). The zero-order valence-electron chi connectivity index (χ0n) is 9.47. The van der Waals surface area contributed by atoms with Gasteiger partial charge in [0.2, 0.25) is 0 Å². The first-order chi connectivity index (χ1) is 8.29. The van der Waals surface area contributed by atoms with Gasteiger partial charge in [0.1, 0.15) is 17.3 Å². The van der Waals surface area contributed by atoms with Crippen molar-refractivity contribution >= 4 is 23.7 Å². The number of nitrogens with zero attached hydrogens (tertiary/aromatic N) is 3. The first-order valence-electron chi connectivity index (χ1n) is 6.02. The van der Waals surface area contributed by atoms with Crippen molar-refractivity contribution in [3.05, 3.63) is 17.0 Å². The van der Waals surface area contributed by atoms with E-state index in [1.165, 1.54) is 32.0 Å². The molecular formula is C12H14ClN3O. The van der Waals surface area contributed by atoms with Gasteiger partial charge >= 0.3 is 0 Å². The van der Waals surface area contributed by atoms with Crippen molar-refractivity contribution in [2.75, 3.05) is 11.4 Å². The lowest BCUT2D eigenvalue weighted by molar-refractivity contribution is 0.112. The van der Waals surface area contributed by atoms with Gasteiger partial charge in [-0.1, -0.05) is 11.6 Å². The molecule has 17 heavy (non-hydrogen) atoms. The Kier molecular flexibility index (Phi) is 2.74. The van der Waals surface area contributed by atoms with Crippen LogP contribution < -0.4 is 4.90 Å². The van der Waals surface area contributed by atoms with Crippen molar-refractivity contribution in [2.45, 2.75) is 31.7 Å². The van der Waals surface area contributed by atoms with Crippen LogP contribution in [0.25, 0.3) is 0 Å². The second-order valence-corrected chi connectivity index (χ2v) is 5.20. The van der Waals surface area contributed by atoms with Crippen LogP contribution >= 0.6 is 11.6 Å². The number of halogens is 1. The summed E-state index contributed by atoms with van der Waals surface area (Å²) in [5, 5.41) is 0.256. The maximum atomic E-state index is 11.1. The Morgan fingerprint density at radius 2 is 2.12 bits per heavy atom. The van der Waals surface area contributed by atoms with Crippen molar-refractivity contribution in [3.63, 3.8) is 0 Å². The van der Waals surface area contributed by atoms with Crippen LogP contribution in [0.1, 0.15) is 36.0 Å². The van der Waals surface area contributed by atoms with E-state index < -0.39 is 0 Å². The van der Waals surface area contributed by atoms with Crippen molar-refractivity contribution < 1.29 is 4.79 Å². The Morgan fingerprint density at radius 3 is 2.71 bits per heavy atom. The minimum atomic E-state index is 0.256. The summed E-state index contributed by atoms with van der Waals surface area (Å²) in [6, 6.07) is 0.542. The van der Waals surface area contributed by atoms with Crippen LogP contribution in [-0.4, -0.2) is 28.8 Å². The minimum Gasteiger partial charge on any atom is -0.353 e. The van der Waals surface area contributed by atoms with Gasteiger partial charge in [-0.3, -0.25) is 4.79 Å². The second-order valence-electron chi connectivity index (χ2n) is 4.85. The summed E-state index contributed by atoms with van der Waals surface area (Å²) in [5.41, 5.74) is 0.432. The van der Waals surface area contributed by atoms with Gasteiger partial charge in [0.15, 0.2) is 6.29 Å². The summed E-state index contributed by atoms with van der Waals surface area (Å²) in [6.07, 6.45) is 7.16. The highest BCUT2D eigenvalue weighted by molar-refractivity contribution is 6.32. The third kappa shape index (κ3) is 2.27. The molecule has 2 aliphatic rings. The molecule has 2 fully saturated rings. The highest BCUT2D eigenvalue weighted by Crippen LogP contribution is 2.38. The first-order valence-corrected chi connectivity index (χ1v) is 6.39. The Morgan fingerprint density at radius 1 is 1.35 bits per heavy atom. The number of anilines is 1. The molecule has 2 saturated carbocycles. The average Bonchev–Trinajstić information content (AvgIpc) is 3.17. The molecule has 0 saturated heterocycles. The predicted octanol–water partition coefficient (Wildman–Crippen LogP) is 2.32. The first kappa shape index (κ1) is 11.0. The molecule has 0 aromatic carbocycles. The number of aldehydes is 1. The minimum absolute atomic E-state index is 0.256. The summed E-state index contributed by atoms with van der Waals surface area (Å²) >= 11 is 5.94. The molecule has 0 unspecified atom stereocenters. The fourth-order valence-electron chi connectivity index (χ4n) is 2.07. The SMILES string of the molecule is O=Cc1c(Cl)ncnc1N(CC1CC1)C1CC1. The fraction of sp³-hybridized carbons (Fsp3) is 0.583. The standard InChI is InChI=1S/C12H14ClN3O/c13-11-10(6-17)12(15-7-14-11)16(9-3-4-9)5-8-1-2-8/h6-9H,1-5H2. The van der Waals surface area contributed by atoms with Crippen LogP contribution in [0.3, 0.4) is 0 Å². The lowest BCUT2D eigenvalue weighted by Crippen LogP contribution is -2.30. The molecule has 0 spiro atoms. The molecule has 1 aromatic rings. The van der Waals surface area contributed by atoms with Crippen molar-refractivity contribution in [1.29, 1.82) is 0 Å². The number of carbonyl (C=O) groups is 1. The predicted molar refractivity (Wildman–Crippen MR) is 65.5 cm³/mol. The maximum absolute atomic E-state index is 11.1. The topological polar surface area (TPSA) is 46.1 Å². The number of aromatic nitrogens is 2. The Bertz CT molecular complexity index is 443. The van der Waals surface area contributed by atoms with Crippen LogP contribution in [-0.2, 0) is 0 Å². The van der Waals surface area contributed by atoms with Gasteiger partial charge in [0, 0.05) is 12.6 Å². The summed E-state index contributed by atoms with van der Waals surface area (Å²) in [4.78, 5) is 21.5. The van der Waals surface area contributed by atoms with Gasteiger partial charge in [0.25, 0.3) is 0 Å². The molecule has 90 valence electrons. The molecule has 0 N–H and O–H groups in total. The number of carbonyl (C=O) groups excluding carboxylic acids is 1. The molecule has 2 aliphatic carbocycles. The Balaban J connectivity index is 1.93. The number of hydrogen-bond donors (Lipinski definition) is 0. The van der Waals surface area contributed by atoms with Gasteiger partial charge in [0.05, 0.1) is 5.56 Å². The van der Waals surface area contributed by atoms with Crippen LogP contribution in [0.5, 0.6) is 0 Å². The van der Waals surface area contributed by atoms with E-state index in [-0.39, 0.29) is 5.15 Å². The lowest BCUT2D eigenvalue weighted by Gasteiger charge is -2.24. The molecule has 5 heteroatoms. The second kappa shape index (κ2) is 4.26. The van der Waals surface area contributed by atoms with Gasteiger partial charge in [-0.2, -0.15) is 0 Å². The summed E-state index contributed by atoms with van der Waals surface area (Å²) in [7, 11) is 0. The van der Waals surface area contributed by atoms with Crippen molar-refractivity contribution in [1.82, 2.24) is 9.97 Å². The third-order valence-corrected chi connectivity index (χ3v) is 3.64. The van der Waals surface area contributed by atoms with Gasteiger partial charge in [-0.15, -0.1) is 0 Å². The monoisotopic (exact) mass is 251 g/mol. The molecule has 0 radical (unpaired) electrons. The Labute approximate surface area is 105 Å². The highest BCUT2D eigenvalue weighted by Gasteiger charge is 2.35. The molecule has 4 nitrogen and oxygen atoms in total. The molecule has 0 bridgehead atoms. The zero-order chi connectivity index (χ0) is 11.8. The van der Waals surface area contributed by atoms with Gasteiger partial charge in [-0.05, 0) is 31.6 Å². The average molecular weight is 252 g/mol. The molecule has 1 heterocycles. The maximum Gasteiger partial charge on any atom is 0.156 e. The molecule has 0 amide bonds. The summed E-state index contributed by atoms with van der Waals surface area (Å²) in [5.74, 6) is 1.48. The largest absolute Gasteiger partial charge is 0.353 e. The van der Waals surface area contributed by atoms with E-state index in [9.17, 15) is 4.79 Å².